The zero-order valence-electron chi connectivity index (χ0n) is 13.5. The molecule has 0 amide bonds. The largest absolute Gasteiger partial charge is 0.497 e. The summed E-state index contributed by atoms with van der Waals surface area (Å²) in [5.74, 6) is 1.43. The lowest BCUT2D eigenvalue weighted by atomic mass is 10.1. The zero-order chi connectivity index (χ0) is 15.0. The van der Waals surface area contributed by atoms with Crippen LogP contribution in [-0.2, 0) is 4.74 Å². The van der Waals surface area contributed by atoms with E-state index in [2.05, 4.69) is 45.1 Å². The molecule has 0 radical (unpaired) electrons. The maximum atomic E-state index is 5.99. The summed E-state index contributed by atoms with van der Waals surface area (Å²) < 4.78 is 11.3. The molecule has 3 heteroatoms. The van der Waals surface area contributed by atoms with Gasteiger partial charge in [-0.15, -0.1) is 0 Å². The first-order chi connectivity index (χ1) is 9.58. The van der Waals surface area contributed by atoms with Crippen LogP contribution in [0, 0.1) is 5.92 Å². The minimum absolute atomic E-state index is 0.214. The van der Waals surface area contributed by atoms with Crippen molar-refractivity contribution in [2.45, 2.75) is 46.3 Å². The Morgan fingerprint density at radius 1 is 1.20 bits per heavy atom. The SMILES string of the molecule is CCCNC(COC(C)C(C)C)c1cccc(OC)c1. The molecular weight excluding hydrogens is 250 g/mol. The predicted octanol–water partition coefficient (Wildman–Crippen LogP) is 3.80. The van der Waals surface area contributed by atoms with Gasteiger partial charge >= 0.3 is 0 Å². The highest BCUT2D eigenvalue weighted by molar-refractivity contribution is 5.30. The van der Waals surface area contributed by atoms with Crippen LogP contribution in [0.25, 0.3) is 0 Å². The van der Waals surface area contributed by atoms with Crippen molar-refractivity contribution in [1.82, 2.24) is 5.32 Å². The lowest BCUT2D eigenvalue weighted by molar-refractivity contribution is 0.0218. The van der Waals surface area contributed by atoms with Crippen molar-refractivity contribution in [2.75, 3.05) is 20.3 Å². The van der Waals surface area contributed by atoms with Crippen LogP contribution in [0.2, 0.25) is 0 Å². The van der Waals surface area contributed by atoms with Crippen LogP contribution in [0.15, 0.2) is 24.3 Å². The highest BCUT2D eigenvalue weighted by atomic mass is 16.5. The summed E-state index contributed by atoms with van der Waals surface area (Å²) in [5.41, 5.74) is 1.22. The minimum atomic E-state index is 0.214. The summed E-state index contributed by atoms with van der Waals surface area (Å²) in [6, 6.07) is 8.42. The van der Waals surface area contributed by atoms with Gasteiger partial charge in [-0.1, -0.05) is 32.9 Å². The van der Waals surface area contributed by atoms with Crippen molar-refractivity contribution < 1.29 is 9.47 Å². The summed E-state index contributed by atoms with van der Waals surface area (Å²) >= 11 is 0. The van der Waals surface area contributed by atoms with Crippen LogP contribution in [-0.4, -0.2) is 26.4 Å². The minimum Gasteiger partial charge on any atom is -0.497 e. The molecule has 0 saturated heterocycles. The van der Waals surface area contributed by atoms with Crippen LogP contribution in [0.4, 0.5) is 0 Å². The van der Waals surface area contributed by atoms with Gasteiger partial charge in [-0.2, -0.15) is 0 Å². The highest BCUT2D eigenvalue weighted by Crippen LogP contribution is 2.20. The van der Waals surface area contributed by atoms with Gasteiger partial charge in [0.2, 0.25) is 0 Å². The summed E-state index contributed by atoms with van der Waals surface area (Å²) in [6.07, 6.45) is 1.38. The third-order valence-electron chi connectivity index (χ3n) is 3.60. The maximum Gasteiger partial charge on any atom is 0.119 e. The average molecular weight is 279 g/mol. The Bertz CT molecular complexity index is 379. The van der Waals surface area contributed by atoms with E-state index in [1.807, 2.05) is 12.1 Å². The third kappa shape index (κ3) is 5.51. The lowest BCUT2D eigenvalue weighted by Crippen LogP contribution is -2.29. The van der Waals surface area contributed by atoms with Crippen molar-refractivity contribution in [3.05, 3.63) is 29.8 Å². The zero-order valence-corrected chi connectivity index (χ0v) is 13.5. The van der Waals surface area contributed by atoms with E-state index in [1.165, 1.54) is 5.56 Å². The normalized spacial score (nSPS) is 14.3. The molecule has 0 heterocycles. The Kier molecular flexibility index (Phi) is 7.63. The number of hydrogen-bond acceptors (Lipinski definition) is 3. The quantitative estimate of drug-likeness (QED) is 0.746. The lowest BCUT2D eigenvalue weighted by Gasteiger charge is -2.23. The van der Waals surface area contributed by atoms with E-state index in [-0.39, 0.29) is 12.1 Å². The van der Waals surface area contributed by atoms with Crippen LogP contribution in [0.5, 0.6) is 5.75 Å². The fourth-order valence-electron chi connectivity index (χ4n) is 1.89. The molecule has 20 heavy (non-hydrogen) atoms. The molecule has 0 fully saturated rings. The fraction of sp³-hybridized carbons (Fsp3) is 0.647. The molecule has 0 aliphatic heterocycles. The highest BCUT2D eigenvalue weighted by Gasteiger charge is 2.15. The average Bonchev–Trinajstić information content (AvgIpc) is 2.47. The monoisotopic (exact) mass is 279 g/mol. The predicted molar refractivity (Wildman–Crippen MR) is 84.3 cm³/mol. The molecule has 0 aliphatic rings. The molecule has 0 aliphatic carbocycles. The summed E-state index contributed by atoms with van der Waals surface area (Å²) in [6.45, 7) is 10.4. The molecule has 0 saturated carbocycles. The molecule has 2 unspecified atom stereocenters. The van der Waals surface area contributed by atoms with E-state index in [0.717, 1.165) is 18.7 Å². The van der Waals surface area contributed by atoms with Crippen molar-refractivity contribution in [1.29, 1.82) is 0 Å². The number of benzene rings is 1. The number of ether oxygens (including phenoxy) is 2. The number of hydrogen-bond donors (Lipinski definition) is 1. The van der Waals surface area contributed by atoms with E-state index < -0.39 is 0 Å². The van der Waals surface area contributed by atoms with Gasteiger partial charge in [0.1, 0.15) is 5.75 Å². The number of rotatable bonds is 9. The van der Waals surface area contributed by atoms with Crippen LogP contribution >= 0.6 is 0 Å². The first-order valence-corrected chi connectivity index (χ1v) is 7.57. The molecule has 0 aromatic heterocycles. The molecular formula is C17H29NO2. The Labute approximate surface area is 123 Å². The van der Waals surface area contributed by atoms with Gasteiger partial charge in [0.25, 0.3) is 0 Å². The first kappa shape index (κ1) is 17.0. The van der Waals surface area contributed by atoms with Gasteiger partial charge in [-0.25, -0.2) is 0 Å². The van der Waals surface area contributed by atoms with E-state index in [0.29, 0.717) is 12.5 Å². The molecule has 3 nitrogen and oxygen atoms in total. The molecule has 1 rings (SSSR count). The Hall–Kier alpha value is -1.06. The van der Waals surface area contributed by atoms with Crippen molar-refractivity contribution in [3.8, 4) is 5.75 Å². The Morgan fingerprint density at radius 3 is 2.55 bits per heavy atom. The van der Waals surface area contributed by atoms with E-state index >= 15 is 0 Å². The van der Waals surface area contributed by atoms with E-state index in [9.17, 15) is 0 Å². The molecule has 1 aromatic rings. The van der Waals surface area contributed by atoms with Gasteiger partial charge in [-0.05, 0) is 43.5 Å². The smallest absolute Gasteiger partial charge is 0.119 e. The van der Waals surface area contributed by atoms with Gasteiger partial charge in [0, 0.05) is 0 Å². The molecule has 1 aromatic carbocycles. The second-order valence-corrected chi connectivity index (χ2v) is 5.57. The van der Waals surface area contributed by atoms with Gasteiger partial charge in [-0.3, -0.25) is 0 Å². The fourth-order valence-corrected chi connectivity index (χ4v) is 1.89. The second kappa shape index (κ2) is 8.98. The molecule has 2 atom stereocenters. The Morgan fingerprint density at radius 2 is 1.95 bits per heavy atom. The van der Waals surface area contributed by atoms with Crippen LogP contribution in [0.3, 0.4) is 0 Å². The van der Waals surface area contributed by atoms with Gasteiger partial charge in [0.15, 0.2) is 0 Å². The molecule has 0 spiro atoms. The summed E-state index contributed by atoms with van der Waals surface area (Å²) in [5, 5.41) is 3.55. The van der Waals surface area contributed by atoms with E-state index in [1.54, 1.807) is 7.11 Å². The van der Waals surface area contributed by atoms with Crippen molar-refractivity contribution in [2.24, 2.45) is 5.92 Å². The topological polar surface area (TPSA) is 30.5 Å². The maximum absolute atomic E-state index is 5.99. The van der Waals surface area contributed by atoms with Crippen molar-refractivity contribution in [3.63, 3.8) is 0 Å². The number of methoxy groups -OCH3 is 1. The van der Waals surface area contributed by atoms with Crippen LogP contribution < -0.4 is 10.1 Å². The van der Waals surface area contributed by atoms with E-state index in [4.69, 9.17) is 9.47 Å². The number of nitrogens with one attached hydrogen (secondary N) is 1. The van der Waals surface area contributed by atoms with Gasteiger partial charge < -0.3 is 14.8 Å². The second-order valence-electron chi connectivity index (χ2n) is 5.57. The standard InChI is InChI=1S/C17H29NO2/c1-6-10-18-17(12-20-14(4)13(2)3)15-8-7-9-16(11-15)19-5/h7-9,11,13-14,17-18H,6,10,12H2,1-5H3. The summed E-state index contributed by atoms with van der Waals surface area (Å²) in [7, 11) is 1.70. The molecule has 114 valence electrons. The summed E-state index contributed by atoms with van der Waals surface area (Å²) in [4.78, 5) is 0. The Balaban J connectivity index is 2.71. The van der Waals surface area contributed by atoms with Gasteiger partial charge in [0.05, 0.1) is 25.9 Å². The molecule has 0 bridgehead atoms. The third-order valence-corrected chi connectivity index (χ3v) is 3.60. The molecule has 1 N–H and O–H groups in total. The van der Waals surface area contributed by atoms with Crippen LogP contribution in [0.1, 0.15) is 45.7 Å². The first-order valence-electron chi connectivity index (χ1n) is 7.57. The van der Waals surface area contributed by atoms with Crippen molar-refractivity contribution >= 4 is 0 Å².